The van der Waals surface area contributed by atoms with Gasteiger partial charge in [0, 0.05) is 62.6 Å². The summed E-state index contributed by atoms with van der Waals surface area (Å²) in [7, 11) is -3.81. The van der Waals surface area contributed by atoms with E-state index in [1.165, 1.54) is 28.7 Å². The Hall–Kier alpha value is -3.26. The number of nitrogens with two attached hydrogens (primary N) is 1. The molecule has 5 rings (SSSR count). The maximum absolute atomic E-state index is 15.2. The third kappa shape index (κ3) is 5.44. The number of aromatic nitrogens is 3. The highest BCUT2D eigenvalue weighted by Gasteiger charge is 2.38. The molecule has 39 heavy (non-hydrogen) atoms. The van der Waals surface area contributed by atoms with Crippen molar-refractivity contribution in [1.29, 1.82) is 0 Å². The molecule has 2 aliphatic heterocycles. The van der Waals surface area contributed by atoms with Gasteiger partial charge in [0.05, 0.1) is 16.8 Å². The maximum Gasteiger partial charge on any atom is 0.316 e. The quantitative estimate of drug-likeness (QED) is 0.443. The topological polar surface area (TPSA) is 126 Å². The number of amides is 1. The number of aryl methyl sites for hydroxylation is 1. The molecule has 0 aliphatic carbocycles. The summed E-state index contributed by atoms with van der Waals surface area (Å²) >= 11 is 6.10. The first-order chi connectivity index (χ1) is 18.4. The number of carbonyl (C=O) groups is 1. The number of anilines is 2. The maximum atomic E-state index is 15.2. The average Bonchev–Trinajstić information content (AvgIpc) is 3.26. The molecule has 10 nitrogen and oxygen atoms in total. The van der Waals surface area contributed by atoms with Crippen LogP contribution < -0.4 is 15.5 Å². The molecule has 2 aromatic heterocycles. The molecular formula is C25H26ClF2N7O3S. The average molecular weight is 578 g/mol. The molecule has 14 heteroatoms. The molecule has 0 spiro atoms. The molecule has 2 N–H and O–H groups in total. The van der Waals surface area contributed by atoms with Gasteiger partial charge in [0.15, 0.2) is 0 Å². The first kappa shape index (κ1) is 27.3. The van der Waals surface area contributed by atoms with Crippen molar-refractivity contribution >= 4 is 39.0 Å². The molecular weight excluding hydrogens is 552 g/mol. The van der Waals surface area contributed by atoms with Crippen molar-refractivity contribution in [1.82, 2.24) is 19.3 Å². The molecule has 1 amide bonds. The highest BCUT2D eigenvalue weighted by atomic mass is 35.5. The lowest BCUT2D eigenvalue weighted by molar-refractivity contribution is -0.117. The molecule has 2 aliphatic rings. The van der Waals surface area contributed by atoms with Crippen LogP contribution in [-0.2, 0) is 20.7 Å². The van der Waals surface area contributed by atoms with Crippen LogP contribution in [0.2, 0.25) is 5.15 Å². The van der Waals surface area contributed by atoms with Crippen LogP contribution in [0.15, 0.2) is 53.7 Å². The van der Waals surface area contributed by atoms with Crippen LogP contribution in [0.4, 0.5) is 20.3 Å². The smallest absolute Gasteiger partial charge is 0.316 e. The van der Waals surface area contributed by atoms with Crippen molar-refractivity contribution in [2.75, 3.05) is 42.5 Å². The summed E-state index contributed by atoms with van der Waals surface area (Å²) in [6.07, 6.45) is 2.55. The normalized spacial score (nSPS) is 19.1. The minimum Gasteiger partial charge on any atom is -0.354 e. The fourth-order valence-corrected chi connectivity index (χ4v) is 6.24. The lowest BCUT2D eigenvalue weighted by atomic mass is 10.1. The number of hydrogen-bond acceptors (Lipinski definition) is 8. The van der Waals surface area contributed by atoms with Crippen LogP contribution in [-0.4, -0.2) is 72.3 Å². The highest BCUT2D eigenvalue weighted by molar-refractivity contribution is 7.89. The number of pyridine rings is 1. The zero-order chi connectivity index (χ0) is 27.9. The van der Waals surface area contributed by atoms with E-state index < -0.39 is 21.6 Å². The predicted molar refractivity (Wildman–Crippen MR) is 141 cm³/mol. The number of halogens is 3. The van der Waals surface area contributed by atoms with Crippen LogP contribution >= 0.6 is 11.6 Å². The van der Waals surface area contributed by atoms with E-state index in [-0.39, 0.29) is 66.0 Å². The Morgan fingerprint density at radius 3 is 2.33 bits per heavy atom. The van der Waals surface area contributed by atoms with E-state index in [9.17, 15) is 13.2 Å². The van der Waals surface area contributed by atoms with Crippen molar-refractivity contribution in [3.05, 3.63) is 70.9 Å². The van der Waals surface area contributed by atoms with Gasteiger partial charge in [-0.3, -0.25) is 14.8 Å². The van der Waals surface area contributed by atoms with Crippen molar-refractivity contribution < 1.29 is 22.0 Å². The number of sulfonamides is 1. The fourth-order valence-electron chi connectivity index (χ4n) is 4.62. The van der Waals surface area contributed by atoms with Gasteiger partial charge in [0.25, 0.3) is 0 Å². The summed E-state index contributed by atoms with van der Waals surface area (Å²) in [5.41, 5.74) is 6.05. The first-order valence-electron chi connectivity index (χ1n) is 12.2. The molecule has 0 saturated carbocycles. The van der Waals surface area contributed by atoms with Gasteiger partial charge in [-0.15, -0.1) is 0 Å². The van der Waals surface area contributed by atoms with Crippen molar-refractivity contribution in [3.63, 3.8) is 0 Å². The third-order valence-electron chi connectivity index (χ3n) is 6.75. The van der Waals surface area contributed by atoms with E-state index in [2.05, 4.69) is 15.0 Å². The number of nitrogens with zero attached hydrogens (tertiary/aromatic N) is 6. The molecule has 1 atom stereocenters. The number of alkyl halides is 2. The highest BCUT2D eigenvalue weighted by Crippen LogP contribution is 2.37. The number of carbonyl (C=O) groups excluding carboxylic acids is 1. The summed E-state index contributed by atoms with van der Waals surface area (Å²) in [5.74, 6) is -3.34. The second-order valence-electron chi connectivity index (χ2n) is 9.51. The van der Waals surface area contributed by atoms with Gasteiger partial charge in [-0.2, -0.15) is 13.1 Å². The van der Waals surface area contributed by atoms with Crippen molar-refractivity contribution in [3.8, 4) is 0 Å². The minimum absolute atomic E-state index is 0.0951. The zero-order valence-corrected chi connectivity index (χ0v) is 22.5. The van der Waals surface area contributed by atoms with E-state index in [0.717, 1.165) is 12.3 Å². The van der Waals surface area contributed by atoms with Gasteiger partial charge >= 0.3 is 5.92 Å². The van der Waals surface area contributed by atoms with Crippen molar-refractivity contribution in [2.45, 2.75) is 30.2 Å². The summed E-state index contributed by atoms with van der Waals surface area (Å²) < 4.78 is 58.2. The van der Waals surface area contributed by atoms with Gasteiger partial charge in [-0.1, -0.05) is 11.6 Å². The molecule has 0 unspecified atom stereocenters. The van der Waals surface area contributed by atoms with E-state index >= 15 is 8.78 Å². The number of benzene rings is 1. The van der Waals surface area contributed by atoms with Gasteiger partial charge in [-0.25, -0.2) is 13.4 Å². The van der Waals surface area contributed by atoms with Crippen molar-refractivity contribution in [2.24, 2.45) is 5.73 Å². The summed E-state index contributed by atoms with van der Waals surface area (Å²) in [6.45, 7) is 2.72. The Bertz CT molecular complexity index is 1480. The van der Waals surface area contributed by atoms with E-state index in [4.69, 9.17) is 17.3 Å². The van der Waals surface area contributed by atoms with E-state index in [1.807, 2.05) is 0 Å². The minimum atomic E-state index is -3.81. The molecule has 0 bridgehead atoms. The Morgan fingerprint density at radius 1 is 1.05 bits per heavy atom. The summed E-state index contributed by atoms with van der Waals surface area (Å²) in [5, 5.41) is -0.116. The second-order valence-corrected chi connectivity index (χ2v) is 11.8. The Kier molecular flexibility index (Phi) is 7.27. The number of piperazine rings is 1. The Morgan fingerprint density at radius 2 is 1.74 bits per heavy atom. The van der Waals surface area contributed by atoms with Gasteiger partial charge < -0.3 is 15.5 Å². The summed E-state index contributed by atoms with van der Waals surface area (Å²) in [4.78, 5) is 27.4. The molecule has 2 fully saturated rings. The molecule has 1 aromatic carbocycles. The van der Waals surface area contributed by atoms with Gasteiger partial charge in [-0.05, 0) is 43.3 Å². The van der Waals surface area contributed by atoms with Crippen LogP contribution in [0, 0.1) is 6.92 Å². The molecule has 2 saturated heterocycles. The van der Waals surface area contributed by atoms with Gasteiger partial charge in [0.2, 0.25) is 15.9 Å². The molecule has 0 radical (unpaired) electrons. The monoisotopic (exact) mass is 577 g/mol. The van der Waals surface area contributed by atoms with Crippen LogP contribution in [0.5, 0.6) is 0 Å². The number of hydrogen-bond donors (Lipinski definition) is 1. The lowest BCUT2D eigenvalue weighted by Crippen LogP contribution is -2.49. The first-order valence-corrected chi connectivity index (χ1v) is 14.0. The fraction of sp³-hybridized carbons (Fsp3) is 0.360. The van der Waals surface area contributed by atoms with Gasteiger partial charge in [0.1, 0.15) is 16.7 Å². The summed E-state index contributed by atoms with van der Waals surface area (Å²) in [6, 6.07) is 8.20. The third-order valence-corrected chi connectivity index (χ3v) is 8.86. The van der Waals surface area contributed by atoms with Crippen LogP contribution in [0.3, 0.4) is 0 Å². The number of rotatable bonds is 6. The van der Waals surface area contributed by atoms with Crippen LogP contribution in [0.25, 0.3) is 0 Å². The largest absolute Gasteiger partial charge is 0.354 e. The Labute approximate surface area is 229 Å². The molecule has 206 valence electrons. The zero-order valence-electron chi connectivity index (χ0n) is 21.0. The lowest BCUT2D eigenvalue weighted by Gasteiger charge is -2.35. The molecule has 4 heterocycles. The van der Waals surface area contributed by atoms with E-state index in [1.54, 1.807) is 28.9 Å². The SMILES string of the molecule is Cc1cnc(C(F)(F)c2cc(Cl)nc(N3CCN(S(=O)(=O)c4ccc(N5C[C@H](N)CC5=O)cc4)CC3)c2)cn1. The standard InChI is InChI=1S/C25H26ClF2N7O3S/c1-16-13-31-21(14-30-16)25(27,28)17-10-22(26)32-23(11-17)33-6-8-34(9-7-33)39(37,38)20-4-2-19(3-5-20)35-15-18(29)12-24(35)36/h2-5,10-11,13-14,18H,6-9,12,15,29H2,1H3/t18-/m1/s1. The van der Waals surface area contributed by atoms with E-state index in [0.29, 0.717) is 17.9 Å². The van der Waals surface area contributed by atoms with Crippen LogP contribution in [0.1, 0.15) is 23.4 Å². The molecule has 3 aromatic rings. The Balaban J connectivity index is 1.29. The second kappa shape index (κ2) is 10.4. The predicted octanol–water partition coefficient (Wildman–Crippen LogP) is 2.55.